The van der Waals surface area contributed by atoms with Gasteiger partial charge in [-0.05, 0) is 17.7 Å². The van der Waals surface area contributed by atoms with Gasteiger partial charge in [-0.1, -0.05) is 32.9 Å². The minimum Gasteiger partial charge on any atom is -0.497 e. The third kappa shape index (κ3) is 3.07. The Morgan fingerprint density at radius 3 is 2.53 bits per heavy atom. The number of methoxy groups -OCH3 is 1. The maximum absolute atomic E-state index is 12.1. The van der Waals surface area contributed by atoms with Crippen LogP contribution in [0.4, 0.5) is 0 Å². The van der Waals surface area contributed by atoms with E-state index < -0.39 is 11.3 Å². The van der Waals surface area contributed by atoms with Gasteiger partial charge < -0.3 is 4.74 Å². The zero-order chi connectivity index (χ0) is 13.1. The number of Topliss-reactive ketones (excluding diaryl/α,β-unsaturated/α-hetero) is 1. The minimum atomic E-state index is -0.731. The monoisotopic (exact) mass is 231 g/mol. The topological polar surface area (TPSA) is 50.1 Å². The van der Waals surface area contributed by atoms with E-state index in [0.29, 0.717) is 11.3 Å². The van der Waals surface area contributed by atoms with Crippen LogP contribution in [0, 0.1) is 16.7 Å². The summed E-state index contributed by atoms with van der Waals surface area (Å²) in [5.74, 6) is -0.150. The van der Waals surface area contributed by atoms with E-state index in [-0.39, 0.29) is 5.78 Å². The molecular formula is C14H17NO2. The predicted octanol–water partition coefficient (Wildman–Crippen LogP) is 2.92. The summed E-state index contributed by atoms with van der Waals surface area (Å²) < 4.78 is 5.09. The highest BCUT2D eigenvalue weighted by Gasteiger charge is 2.30. The number of carbonyl (C=O) groups is 1. The molecule has 0 saturated carbocycles. The highest BCUT2D eigenvalue weighted by atomic mass is 16.5. The zero-order valence-corrected chi connectivity index (χ0v) is 10.7. The van der Waals surface area contributed by atoms with E-state index in [4.69, 9.17) is 10.00 Å². The second-order valence-corrected chi connectivity index (χ2v) is 4.95. The molecular weight excluding hydrogens is 214 g/mol. The molecule has 1 rings (SSSR count). The molecule has 0 aliphatic rings. The van der Waals surface area contributed by atoms with Gasteiger partial charge in [-0.3, -0.25) is 4.79 Å². The van der Waals surface area contributed by atoms with Crippen molar-refractivity contribution in [2.24, 2.45) is 5.41 Å². The number of benzene rings is 1. The van der Waals surface area contributed by atoms with Crippen molar-refractivity contribution in [3.8, 4) is 11.8 Å². The molecule has 0 aliphatic carbocycles. The van der Waals surface area contributed by atoms with E-state index in [1.165, 1.54) is 0 Å². The number of hydrogen-bond acceptors (Lipinski definition) is 3. The Bertz CT molecular complexity index is 452. The number of hydrogen-bond donors (Lipinski definition) is 0. The van der Waals surface area contributed by atoms with Crippen LogP contribution in [-0.4, -0.2) is 12.9 Å². The molecule has 0 spiro atoms. The van der Waals surface area contributed by atoms with Gasteiger partial charge in [0.05, 0.1) is 13.2 Å². The first-order valence-electron chi connectivity index (χ1n) is 5.48. The van der Waals surface area contributed by atoms with Crippen LogP contribution in [0.5, 0.6) is 5.75 Å². The second kappa shape index (κ2) is 5.01. The molecule has 90 valence electrons. The highest BCUT2D eigenvalue weighted by Crippen LogP contribution is 2.28. The van der Waals surface area contributed by atoms with Crippen molar-refractivity contribution in [1.29, 1.82) is 5.26 Å². The summed E-state index contributed by atoms with van der Waals surface area (Å²) >= 11 is 0. The second-order valence-electron chi connectivity index (χ2n) is 4.95. The van der Waals surface area contributed by atoms with Crippen LogP contribution >= 0.6 is 0 Å². The van der Waals surface area contributed by atoms with E-state index >= 15 is 0 Å². The molecule has 0 saturated heterocycles. The third-order valence-corrected chi connectivity index (χ3v) is 2.56. The summed E-state index contributed by atoms with van der Waals surface area (Å²) in [6.07, 6.45) is 0. The molecule has 3 nitrogen and oxygen atoms in total. The summed E-state index contributed by atoms with van der Waals surface area (Å²) in [5, 5.41) is 9.17. The van der Waals surface area contributed by atoms with Crippen LogP contribution in [0.25, 0.3) is 0 Å². The Balaban J connectivity index is 3.11. The molecule has 0 amide bonds. The number of rotatable bonds is 3. The van der Waals surface area contributed by atoms with Crippen molar-refractivity contribution in [2.45, 2.75) is 26.7 Å². The third-order valence-electron chi connectivity index (χ3n) is 2.56. The fourth-order valence-corrected chi connectivity index (χ4v) is 1.54. The first-order chi connectivity index (χ1) is 7.90. The summed E-state index contributed by atoms with van der Waals surface area (Å²) in [4.78, 5) is 12.1. The Morgan fingerprint density at radius 1 is 1.41 bits per heavy atom. The summed E-state index contributed by atoms with van der Waals surface area (Å²) in [7, 11) is 1.56. The van der Waals surface area contributed by atoms with Crippen LogP contribution in [0.3, 0.4) is 0 Å². The van der Waals surface area contributed by atoms with E-state index in [1.54, 1.807) is 31.4 Å². The van der Waals surface area contributed by atoms with Crippen LogP contribution in [-0.2, 0) is 4.79 Å². The molecule has 0 aliphatic heterocycles. The molecule has 1 unspecified atom stereocenters. The lowest BCUT2D eigenvalue weighted by atomic mass is 9.80. The van der Waals surface area contributed by atoms with Crippen LogP contribution in [0.2, 0.25) is 0 Å². The number of ketones is 1. The number of ether oxygens (including phenoxy) is 1. The van der Waals surface area contributed by atoms with Gasteiger partial charge in [0.15, 0.2) is 5.78 Å². The molecule has 1 atom stereocenters. The molecule has 17 heavy (non-hydrogen) atoms. The molecule has 3 heteroatoms. The SMILES string of the molecule is COc1cccc(C(C#N)C(=O)C(C)(C)C)c1. The van der Waals surface area contributed by atoms with Gasteiger partial charge in [0, 0.05) is 5.41 Å². The van der Waals surface area contributed by atoms with Crippen LogP contribution in [0.15, 0.2) is 24.3 Å². The summed E-state index contributed by atoms with van der Waals surface area (Å²) in [5.41, 5.74) is 0.162. The van der Waals surface area contributed by atoms with Crippen molar-refractivity contribution < 1.29 is 9.53 Å². The Hall–Kier alpha value is -1.82. The maximum Gasteiger partial charge on any atom is 0.159 e. The first-order valence-corrected chi connectivity index (χ1v) is 5.48. The van der Waals surface area contributed by atoms with Gasteiger partial charge >= 0.3 is 0 Å². The highest BCUT2D eigenvalue weighted by molar-refractivity contribution is 5.92. The normalized spacial score (nSPS) is 12.6. The largest absolute Gasteiger partial charge is 0.497 e. The molecule has 1 aromatic carbocycles. The smallest absolute Gasteiger partial charge is 0.159 e. The zero-order valence-electron chi connectivity index (χ0n) is 10.7. The lowest BCUT2D eigenvalue weighted by molar-refractivity contribution is -0.126. The standard InChI is InChI=1S/C14H17NO2/c1-14(2,3)13(16)12(9-15)10-6-5-7-11(8-10)17-4/h5-8,12H,1-4H3. The van der Waals surface area contributed by atoms with Gasteiger partial charge in [-0.25, -0.2) is 0 Å². The average Bonchev–Trinajstić information content (AvgIpc) is 2.29. The van der Waals surface area contributed by atoms with Crippen molar-refractivity contribution in [3.05, 3.63) is 29.8 Å². The first kappa shape index (κ1) is 13.2. The van der Waals surface area contributed by atoms with E-state index in [2.05, 4.69) is 6.07 Å². The molecule has 0 N–H and O–H groups in total. The van der Waals surface area contributed by atoms with E-state index in [1.807, 2.05) is 20.8 Å². The molecule has 0 aromatic heterocycles. The Morgan fingerprint density at radius 2 is 2.06 bits per heavy atom. The van der Waals surface area contributed by atoms with E-state index in [9.17, 15) is 4.79 Å². The molecule has 0 heterocycles. The summed E-state index contributed by atoms with van der Waals surface area (Å²) in [6.45, 7) is 5.46. The Kier molecular flexibility index (Phi) is 3.90. The van der Waals surface area contributed by atoms with Crippen LogP contribution < -0.4 is 4.74 Å². The maximum atomic E-state index is 12.1. The fraction of sp³-hybridized carbons (Fsp3) is 0.429. The predicted molar refractivity (Wildman–Crippen MR) is 65.8 cm³/mol. The van der Waals surface area contributed by atoms with Gasteiger partial charge in [0.25, 0.3) is 0 Å². The molecule has 0 fully saturated rings. The molecule has 1 aromatic rings. The Labute approximate surface area is 102 Å². The minimum absolute atomic E-state index is 0.0757. The van der Waals surface area contributed by atoms with Crippen molar-refractivity contribution in [1.82, 2.24) is 0 Å². The van der Waals surface area contributed by atoms with Crippen molar-refractivity contribution >= 4 is 5.78 Å². The molecule has 0 bridgehead atoms. The van der Waals surface area contributed by atoms with Gasteiger partial charge in [0.1, 0.15) is 11.7 Å². The quantitative estimate of drug-likeness (QED) is 0.803. The van der Waals surface area contributed by atoms with Crippen molar-refractivity contribution in [2.75, 3.05) is 7.11 Å². The van der Waals surface area contributed by atoms with Crippen molar-refractivity contribution in [3.63, 3.8) is 0 Å². The van der Waals surface area contributed by atoms with Gasteiger partial charge in [0.2, 0.25) is 0 Å². The summed E-state index contributed by atoms with van der Waals surface area (Å²) in [6, 6.07) is 9.16. The van der Waals surface area contributed by atoms with E-state index in [0.717, 1.165) is 0 Å². The molecule has 0 radical (unpaired) electrons. The number of carbonyl (C=O) groups excluding carboxylic acids is 1. The van der Waals surface area contributed by atoms with Crippen LogP contribution in [0.1, 0.15) is 32.3 Å². The van der Waals surface area contributed by atoms with Gasteiger partial charge in [-0.2, -0.15) is 5.26 Å². The number of nitriles is 1. The lowest BCUT2D eigenvalue weighted by Crippen LogP contribution is -2.26. The lowest BCUT2D eigenvalue weighted by Gasteiger charge is -2.20. The fourth-order valence-electron chi connectivity index (χ4n) is 1.54. The van der Waals surface area contributed by atoms with Gasteiger partial charge in [-0.15, -0.1) is 0 Å². The average molecular weight is 231 g/mol. The number of nitrogens with zero attached hydrogens (tertiary/aromatic N) is 1.